The van der Waals surface area contributed by atoms with Gasteiger partial charge in [-0.2, -0.15) is 0 Å². The largest absolute Gasteiger partial charge is 0.382 e. The molecule has 0 bridgehead atoms. The Labute approximate surface area is 88.8 Å². The number of aromatic nitrogens is 4. The first-order valence-electron chi connectivity index (χ1n) is 3.79. The van der Waals surface area contributed by atoms with E-state index in [1.807, 2.05) is 6.92 Å². The lowest BCUT2D eigenvalue weighted by atomic mass is 10.7. The number of hydrogen-bond donors (Lipinski definition) is 1. The van der Waals surface area contributed by atoms with Gasteiger partial charge in [-0.3, -0.25) is 0 Å². The molecule has 2 rings (SSSR count). The van der Waals surface area contributed by atoms with Crippen molar-refractivity contribution < 1.29 is 0 Å². The monoisotopic (exact) mass is 225 g/mol. The second kappa shape index (κ2) is 3.89. The van der Waals surface area contributed by atoms with E-state index in [9.17, 15) is 0 Å². The molecule has 0 aliphatic rings. The van der Waals surface area contributed by atoms with Gasteiger partial charge in [-0.25, -0.2) is 9.97 Å². The van der Waals surface area contributed by atoms with E-state index in [0.717, 1.165) is 14.4 Å². The van der Waals surface area contributed by atoms with Gasteiger partial charge in [-0.15, -0.1) is 10.2 Å². The molecule has 0 saturated heterocycles. The summed E-state index contributed by atoms with van der Waals surface area (Å²) in [5.41, 5.74) is 5.42. The van der Waals surface area contributed by atoms with E-state index >= 15 is 0 Å². The third-order valence-electron chi connectivity index (χ3n) is 1.35. The van der Waals surface area contributed by atoms with Gasteiger partial charge in [0.25, 0.3) is 0 Å². The first kappa shape index (κ1) is 9.35. The molecule has 2 aromatic rings. The molecule has 0 spiro atoms. The molecule has 0 atom stereocenters. The molecule has 14 heavy (non-hydrogen) atoms. The fourth-order valence-corrected chi connectivity index (χ4v) is 2.46. The predicted molar refractivity (Wildman–Crippen MR) is 55.2 cm³/mol. The SMILES string of the molecule is Cc1nnc(Sc2cnc(N)cn2)s1. The lowest BCUT2D eigenvalue weighted by Crippen LogP contribution is -1.91. The van der Waals surface area contributed by atoms with Gasteiger partial charge in [-0.1, -0.05) is 11.3 Å². The zero-order valence-electron chi connectivity index (χ0n) is 7.34. The summed E-state index contributed by atoms with van der Waals surface area (Å²) in [6, 6.07) is 0. The van der Waals surface area contributed by atoms with Crippen LogP contribution >= 0.6 is 23.1 Å². The fourth-order valence-electron chi connectivity index (χ4n) is 0.788. The number of hydrogen-bond acceptors (Lipinski definition) is 7. The van der Waals surface area contributed by atoms with Crippen LogP contribution in [0.15, 0.2) is 21.8 Å². The molecule has 0 amide bonds. The van der Waals surface area contributed by atoms with E-state index in [4.69, 9.17) is 5.73 Å². The van der Waals surface area contributed by atoms with Gasteiger partial charge < -0.3 is 5.73 Å². The molecule has 7 heteroatoms. The number of anilines is 1. The van der Waals surface area contributed by atoms with Gasteiger partial charge in [0.05, 0.1) is 12.4 Å². The highest BCUT2D eigenvalue weighted by Crippen LogP contribution is 2.27. The number of nitrogen functional groups attached to an aromatic ring is 1. The Kier molecular flexibility index (Phi) is 2.60. The van der Waals surface area contributed by atoms with Crippen LogP contribution in [0.2, 0.25) is 0 Å². The highest BCUT2D eigenvalue weighted by atomic mass is 32.2. The zero-order valence-corrected chi connectivity index (χ0v) is 8.97. The maximum Gasteiger partial charge on any atom is 0.180 e. The van der Waals surface area contributed by atoms with Crippen molar-refractivity contribution in [2.75, 3.05) is 5.73 Å². The summed E-state index contributed by atoms with van der Waals surface area (Å²) in [5.74, 6) is 0.419. The fraction of sp³-hybridized carbons (Fsp3) is 0.143. The number of rotatable bonds is 2. The van der Waals surface area contributed by atoms with Crippen LogP contribution in [0, 0.1) is 6.92 Å². The van der Waals surface area contributed by atoms with Crippen LogP contribution < -0.4 is 5.73 Å². The van der Waals surface area contributed by atoms with E-state index < -0.39 is 0 Å². The van der Waals surface area contributed by atoms with Crippen molar-refractivity contribution in [2.45, 2.75) is 16.3 Å². The Balaban J connectivity index is 2.15. The first-order valence-corrected chi connectivity index (χ1v) is 5.43. The maximum absolute atomic E-state index is 5.42. The Morgan fingerprint density at radius 1 is 1.29 bits per heavy atom. The lowest BCUT2D eigenvalue weighted by Gasteiger charge is -1.94. The molecule has 0 aliphatic carbocycles. The van der Waals surface area contributed by atoms with Crippen LogP contribution in [-0.2, 0) is 0 Å². The van der Waals surface area contributed by atoms with Gasteiger partial charge >= 0.3 is 0 Å². The summed E-state index contributed by atoms with van der Waals surface area (Å²) in [7, 11) is 0. The van der Waals surface area contributed by atoms with Gasteiger partial charge in [0.15, 0.2) is 4.34 Å². The molecule has 0 radical (unpaired) electrons. The van der Waals surface area contributed by atoms with Gasteiger partial charge in [-0.05, 0) is 18.7 Å². The van der Waals surface area contributed by atoms with Crippen LogP contribution in [0.4, 0.5) is 5.82 Å². The van der Waals surface area contributed by atoms with E-state index in [-0.39, 0.29) is 0 Å². The third kappa shape index (κ3) is 2.18. The van der Waals surface area contributed by atoms with Crippen molar-refractivity contribution in [2.24, 2.45) is 0 Å². The zero-order chi connectivity index (χ0) is 9.97. The Morgan fingerprint density at radius 2 is 2.14 bits per heavy atom. The molecule has 0 aromatic carbocycles. The van der Waals surface area contributed by atoms with Gasteiger partial charge in [0.2, 0.25) is 0 Å². The summed E-state index contributed by atoms with van der Waals surface area (Å²) in [6.07, 6.45) is 3.15. The second-order valence-electron chi connectivity index (χ2n) is 2.47. The quantitative estimate of drug-likeness (QED) is 0.831. The summed E-state index contributed by atoms with van der Waals surface area (Å²) in [5, 5.41) is 9.59. The van der Waals surface area contributed by atoms with Crippen LogP contribution in [0.1, 0.15) is 5.01 Å². The lowest BCUT2D eigenvalue weighted by molar-refractivity contribution is 0.978. The van der Waals surface area contributed by atoms with Crippen molar-refractivity contribution in [3.8, 4) is 0 Å². The Bertz CT molecular complexity index is 424. The van der Waals surface area contributed by atoms with Crippen molar-refractivity contribution in [3.05, 3.63) is 17.4 Å². The van der Waals surface area contributed by atoms with Gasteiger partial charge in [0.1, 0.15) is 15.9 Å². The van der Waals surface area contributed by atoms with Crippen LogP contribution in [-0.4, -0.2) is 20.2 Å². The molecule has 72 valence electrons. The average molecular weight is 225 g/mol. The molecular weight excluding hydrogens is 218 g/mol. The van der Waals surface area contributed by atoms with Crippen LogP contribution in [0.3, 0.4) is 0 Å². The summed E-state index contributed by atoms with van der Waals surface area (Å²) in [4.78, 5) is 8.03. The highest BCUT2D eigenvalue weighted by Gasteiger charge is 2.04. The van der Waals surface area contributed by atoms with E-state index in [0.29, 0.717) is 5.82 Å². The van der Waals surface area contributed by atoms with E-state index in [1.165, 1.54) is 29.3 Å². The minimum Gasteiger partial charge on any atom is -0.382 e. The molecular formula is C7H7N5S2. The second-order valence-corrected chi connectivity index (χ2v) is 4.92. The molecule has 0 unspecified atom stereocenters. The molecule has 0 fully saturated rings. The number of aryl methyl sites for hydroxylation is 1. The highest BCUT2D eigenvalue weighted by molar-refractivity contribution is 8.01. The maximum atomic E-state index is 5.42. The van der Waals surface area contributed by atoms with Crippen molar-refractivity contribution >= 4 is 28.9 Å². The molecule has 5 nitrogen and oxygen atoms in total. The standard InChI is InChI=1S/C7H7N5S2/c1-4-11-12-7(13-4)14-6-3-9-5(8)2-10-6/h2-3H,1H3,(H2,8,9). The molecule has 0 saturated carbocycles. The first-order chi connectivity index (χ1) is 6.74. The molecule has 2 heterocycles. The average Bonchev–Trinajstić information content (AvgIpc) is 2.56. The third-order valence-corrected chi connectivity index (χ3v) is 3.16. The predicted octanol–water partition coefficient (Wildman–Crippen LogP) is 1.37. The number of nitrogens with zero attached hydrogens (tertiary/aromatic N) is 4. The minimum absolute atomic E-state index is 0.419. The molecule has 2 aromatic heterocycles. The van der Waals surface area contributed by atoms with Crippen LogP contribution in [0.25, 0.3) is 0 Å². The summed E-state index contributed by atoms with van der Waals surface area (Å²) >= 11 is 2.96. The minimum atomic E-state index is 0.419. The van der Waals surface area contributed by atoms with Crippen molar-refractivity contribution in [3.63, 3.8) is 0 Å². The van der Waals surface area contributed by atoms with Gasteiger partial charge in [0, 0.05) is 0 Å². The van der Waals surface area contributed by atoms with E-state index in [2.05, 4.69) is 20.2 Å². The van der Waals surface area contributed by atoms with Crippen LogP contribution in [0.5, 0.6) is 0 Å². The number of nitrogens with two attached hydrogens (primary N) is 1. The van der Waals surface area contributed by atoms with E-state index in [1.54, 1.807) is 6.20 Å². The Morgan fingerprint density at radius 3 is 2.71 bits per heavy atom. The van der Waals surface area contributed by atoms with Crippen molar-refractivity contribution in [1.29, 1.82) is 0 Å². The van der Waals surface area contributed by atoms with Crippen molar-refractivity contribution in [1.82, 2.24) is 20.2 Å². The summed E-state index contributed by atoms with van der Waals surface area (Å²) < 4.78 is 0.863. The smallest absolute Gasteiger partial charge is 0.180 e. The molecule has 0 aliphatic heterocycles. The Hall–Kier alpha value is -1.21. The normalized spacial score (nSPS) is 10.4. The molecule has 2 N–H and O–H groups in total. The topological polar surface area (TPSA) is 77.6 Å². The summed E-state index contributed by atoms with van der Waals surface area (Å²) in [6.45, 7) is 1.91.